The number of carbonyl (C=O) groups excluding carboxylic acids is 3. The summed E-state index contributed by atoms with van der Waals surface area (Å²) < 4.78 is 0. The largest absolute Gasteiger partial charge is 0.481 e. The molecule has 9 atom stereocenters. The summed E-state index contributed by atoms with van der Waals surface area (Å²) in [6, 6.07) is 0. The predicted octanol–water partition coefficient (Wildman–Crippen LogP) is 3.68. The van der Waals surface area contributed by atoms with E-state index in [1.54, 1.807) is 24.3 Å². The molecule has 0 aromatic heterocycles. The molecule has 1 saturated carbocycles. The Hall–Kier alpha value is -2.54. The molecule has 3 N–H and O–H groups in total. The maximum absolute atomic E-state index is 14.2. The summed E-state index contributed by atoms with van der Waals surface area (Å²) in [5, 5.41) is 22.9. The topological polar surface area (TPSA) is 121 Å². The number of aliphatic hydroxyl groups excluding tert-OH is 1. The second kappa shape index (κ2) is 11.5. The van der Waals surface area contributed by atoms with Crippen molar-refractivity contribution in [3.8, 4) is 0 Å². The molecular weight excluding hydrogens is 446 g/mol. The molecule has 0 radical (unpaired) electrons. The monoisotopic (exact) mass is 485 g/mol. The van der Waals surface area contributed by atoms with Gasteiger partial charge in [-0.1, -0.05) is 57.4 Å². The van der Waals surface area contributed by atoms with Crippen molar-refractivity contribution >= 4 is 23.6 Å². The van der Waals surface area contributed by atoms with E-state index >= 15 is 0 Å². The molecule has 2 aliphatic carbocycles. The van der Waals surface area contributed by atoms with Gasteiger partial charge in [-0.15, -0.1) is 6.58 Å². The summed E-state index contributed by atoms with van der Waals surface area (Å²) in [6.45, 7) is 9.73. The second-order valence-corrected chi connectivity index (χ2v) is 10.5. The van der Waals surface area contributed by atoms with Gasteiger partial charge in [-0.2, -0.15) is 0 Å². The van der Waals surface area contributed by atoms with Gasteiger partial charge >= 0.3 is 5.97 Å². The molecule has 3 rings (SSSR count). The Bertz CT molecular complexity index is 920. The van der Waals surface area contributed by atoms with Crippen molar-refractivity contribution in [2.45, 2.75) is 65.4 Å². The first-order valence-corrected chi connectivity index (χ1v) is 12.9. The Morgan fingerprint density at radius 3 is 2.51 bits per heavy atom. The number of nitrogens with one attached hydrogen (secondary N) is 1. The summed E-state index contributed by atoms with van der Waals surface area (Å²) in [6.07, 6.45) is 10.3. The molecule has 0 aromatic rings. The number of aliphatic hydroxyl groups is 1. The standard InChI is InChI=1S/C28H39NO6/c1-5-8-9-11-16(7-3)23-24(27(33)29-26(23)32)25(31)22-17(10-6-2)14-20(30)19-13-18(28(34)35)12-15(4)21(19)22/h6-7,10,14-16,18-24,30H,3,5,8-9,11-13H2,1-2,4H3,(H,34,35)(H,29,32,33)/b10-6+/t15-,16+,18+,19-,20+,21+,22+,23-,24+/m0/s1. The van der Waals surface area contributed by atoms with Crippen LogP contribution in [0.15, 0.2) is 36.5 Å². The van der Waals surface area contributed by atoms with Gasteiger partial charge in [0.05, 0.1) is 17.9 Å². The van der Waals surface area contributed by atoms with Crippen LogP contribution in [0.2, 0.25) is 0 Å². The van der Waals surface area contributed by atoms with E-state index < -0.39 is 53.5 Å². The fourth-order valence-corrected chi connectivity index (χ4v) is 6.72. The molecule has 0 bridgehead atoms. The van der Waals surface area contributed by atoms with Crippen LogP contribution in [-0.2, 0) is 19.2 Å². The van der Waals surface area contributed by atoms with E-state index in [1.165, 1.54) is 0 Å². The van der Waals surface area contributed by atoms with Crippen LogP contribution in [0.3, 0.4) is 0 Å². The number of hydrogen-bond acceptors (Lipinski definition) is 5. The first-order valence-electron chi connectivity index (χ1n) is 12.9. The van der Waals surface area contributed by atoms with Crippen LogP contribution in [0.1, 0.15) is 59.3 Å². The van der Waals surface area contributed by atoms with Gasteiger partial charge in [0.15, 0.2) is 5.78 Å². The maximum atomic E-state index is 14.2. The van der Waals surface area contributed by atoms with E-state index in [1.807, 2.05) is 13.8 Å². The third-order valence-corrected chi connectivity index (χ3v) is 8.33. The number of amides is 2. The van der Waals surface area contributed by atoms with Crippen molar-refractivity contribution in [2.75, 3.05) is 0 Å². The summed E-state index contributed by atoms with van der Waals surface area (Å²) in [7, 11) is 0. The van der Waals surface area contributed by atoms with E-state index in [9.17, 15) is 29.4 Å². The van der Waals surface area contributed by atoms with Crippen molar-refractivity contribution < 1.29 is 29.4 Å². The molecule has 0 spiro atoms. The molecule has 0 aromatic carbocycles. The lowest BCUT2D eigenvalue weighted by Gasteiger charge is -2.48. The molecular formula is C28H39NO6. The smallest absolute Gasteiger partial charge is 0.306 e. The molecule has 7 heteroatoms. The number of hydrogen-bond donors (Lipinski definition) is 3. The Balaban J connectivity index is 2.00. The number of imide groups is 1. The van der Waals surface area contributed by atoms with E-state index in [2.05, 4.69) is 18.8 Å². The number of rotatable bonds is 10. The molecule has 2 fully saturated rings. The third-order valence-electron chi connectivity index (χ3n) is 8.33. The lowest BCUT2D eigenvalue weighted by molar-refractivity contribution is -0.147. The number of Topliss-reactive ketones (excluding diaryl/α,β-unsaturated/α-hetero) is 1. The third kappa shape index (κ3) is 5.35. The number of carbonyl (C=O) groups is 4. The molecule has 2 amide bonds. The van der Waals surface area contributed by atoms with Crippen LogP contribution in [0, 0.1) is 47.3 Å². The van der Waals surface area contributed by atoms with Crippen molar-refractivity contribution in [3.05, 3.63) is 36.5 Å². The van der Waals surface area contributed by atoms with Crippen LogP contribution >= 0.6 is 0 Å². The van der Waals surface area contributed by atoms with Crippen molar-refractivity contribution in [1.29, 1.82) is 0 Å². The Labute approximate surface area is 207 Å². The van der Waals surface area contributed by atoms with Gasteiger partial charge in [0.25, 0.3) is 0 Å². The average Bonchev–Trinajstić information content (AvgIpc) is 3.10. The van der Waals surface area contributed by atoms with Crippen molar-refractivity contribution in [3.63, 3.8) is 0 Å². The van der Waals surface area contributed by atoms with E-state index in [0.29, 0.717) is 18.4 Å². The second-order valence-electron chi connectivity index (χ2n) is 10.5. The minimum absolute atomic E-state index is 0.147. The summed E-state index contributed by atoms with van der Waals surface area (Å²) in [4.78, 5) is 51.8. The fraction of sp³-hybridized carbons (Fsp3) is 0.643. The van der Waals surface area contributed by atoms with Crippen molar-refractivity contribution in [2.24, 2.45) is 47.3 Å². The van der Waals surface area contributed by atoms with Crippen molar-refractivity contribution in [1.82, 2.24) is 5.32 Å². The molecule has 7 nitrogen and oxygen atoms in total. The molecule has 1 saturated heterocycles. The fourth-order valence-electron chi connectivity index (χ4n) is 6.72. The molecule has 192 valence electrons. The number of carboxylic acid groups (broad SMARTS) is 1. The van der Waals surface area contributed by atoms with E-state index in [-0.39, 0.29) is 30.0 Å². The van der Waals surface area contributed by atoms with Gasteiger partial charge < -0.3 is 10.2 Å². The summed E-state index contributed by atoms with van der Waals surface area (Å²) >= 11 is 0. The van der Waals surface area contributed by atoms with Gasteiger partial charge in [-0.05, 0) is 55.4 Å². The highest BCUT2D eigenvalue weighted by molar-refractivity contribution is 6.16. The maximum Gasteiger partial charge on any atom is 0.306 e. The zero-order valence-corrected chi connectivity index (χ0v) is 21.0. The minimum Gasteiger partial charge on any atom is -0.481 e. The lowest BCUT2D eigenvalue weighted by atomic mass is 9.56. The molecule has 35 heavy (non-hydrogen) atoms. The SMILES string of the molecule is C=C[C@H](CCCCC)[C@@H]1C(=O)NC(=O)[C@H]1C(=O)[C@@H]1C(/C=C/C)=C[C@@H](O)[C@@H]2C[C@H](C(=O)O)C[C@H](C)[C@@H]12. The number of fused-ring (bicyclic) bond motifs is 1. The number of ketones is 1. The average molecular weight is 486 g/mol. The first-order chi connectivity index (χ1) is 16.7. The van der Waals surface area contributed by atoms with Gasteiger partial charge in [-0.25, -0.2) is 0 Å². The molecule has 3 aliphatic rings. The molecule has 0 unspecified atom stereocenters. The van der Waals surface area contributed by atoms with Crippen LogP contribution in [0.4, 0.5) is 0 Å². The number of carboxylic acids is 1. The normalized spacial score (nSPS) is 35.8. The van der Waals surface area contributed by atoms with E-state index in [0.717, 1.165) is 19.3 Å². The zero-order chi connectivity index (χ0) is 25.9. The minimum atomic E-state index is -1.12. The Kier molecular flexibility index (Phi) is 8.86. The quantitative estimate of drug-likeness (QED) is 0.188. The highest BCUT2D eigenvalue weighted by atomic mass is 16.4. The summed E-state index contributed by atoms with van der Waals surface area (Å²) in [5.41, 5.74) is 0.638. The van der Waals surface area contributed by atoms with Gasteiger partial charge in [-0.3, -0.25) is 24.5 Å². The molecule has 1 aliphatic heterocycles. The van der Waals surface area contributed by atoms with Crippen LogP contribution < -0.4 is 5.32 Å². The van der Waals surface area contributed by atoms with Gasteiger partial charge in [0.1, 0.15) is 5.92 Å². The number of aliphatic carboxylic acids is 1. The number of allylic oxidation sites excluding steroid dienone is 4. The number of unbranched alkanes of at least 4 members (excludes halogenated alkanes) is 2. The van der Waals surface area contributed by atoms with E-state index in [4.69, 9.17) is 0 Å². The van der Waals surface area contributed by atoms with Crippen LogP contribution in [0.5, 0.6) is 0 Å². The zero-order valence-electron chi connectivity index (χ0n) is 21.0. The van der Waals surface area contributed by atoms with Gasteiger partial charge in [0.2, 0.25) is 11.8 Å². The predicted molar refractivity (Wildman–Crippen MR) is 132 cm³/mol. The highest BCUT2D eigenvalue weighted by Gasteiger charge is 2.55. The Morgan fingerprint density at radius 1 is 1.20 bits per heavy atom. The van der Waals surface area contributed by atoms with Gasteiger partial charge in [0, 0.05) is 5.92 Å². The highest BCUT2D eigenvalue weighted by Crippen LogP contribution is 2.51. The lowest BCUT2D eigenvalue weighted by Crippen LogP contribution is -2.50. The van der Waals surface area contributed by atoms with Crippen LogP contribution in [0.25, 0.3) is 0 Å². The van der Waals surface area contributed by atoms with Crippen LogP contribution in [-0.4, -0.2) is 39.9 Å². The first kappa shape index (κ1) is 27.1. The Morgan fingerprint density at radius 2 is 1.91 bits per heavy atom. The summed E-state index contributed by atoms with van der Waals surface area (Å²) in [5.74, 6) is -6.54. The molecule has 1 heterocycles.